The average Bonchev–Trinajstić information content (AvgIpc) is 2.30. The van der Waals surface area contributed by atoms with Crippen molar-refractivity contribution in [2.45, 2.75) is 0 Å². The van der Waals surface area contributed by atoms with E-state index < -0.39 is 0 Å². The molecule has 2 aromatic rings. The van der Waals surface area contributed by atoms with Crippen LogP contribution in [0.4, 0.5) is 0 Å². The first-order valence-corrected chi connectivity index (χ1v) is 4.43. The Balaban J connectivity index is 2.67. The van der Waals surface area contributed by atoms with Crippen molar-refractivity contribution in [2.75, 3.05) is 0 Å². The Hall–Kier alpha value is -2.43. The van der Waals surface area contributed by atoms with E-state index in [1.54, 1.807) is 12.4 Å². The zero-order valence-electron chi connectivity index (χ0n) is 7.88. The maximum absolute atomic E-state index is 8.72. The number of nitrogens with zero attached hydrogens (tertiary/aromatic N) is 3. The van der Waals surface area contributed by atoms with Crippen molar-refractivity contribution >= 4 is 22.3 Å². The number of rotatable bonds is 1. The summed E-state index contributed by atoms with van der Waals surface area (Å²) in [6.07, 6.45) is 3.49. The van der Waals surface area contributed by atoms with Crippen molar-refractivity contribution in [1.29, 1.82) is 5.26 Å². The number of hydrogen-bond acceptors (Lipinski definition) is 1. The van der Waals surface area contributed by atoms with Gasteiger partial charge in [-0.1, -0.05) is 18.2 Å². The zero-order chi connectivity index (χ0) is 10.7. The molecular weight excluding hydrogens is 186 g/mol. The second-order valence-corrected chi connectivity index (χ2v) is 3.05. The first kappa shape index (κ1) is 9.14. The fourth-order valence-corrected chi connectivity index (χ4v) is 1.41. The number of pyridine rings is 1. The number of aromatic nitrogens is 1. The quantitative estimate of drug-likeness (QED) is 0.386. The van der Waals surface area contributed by atoms with Crippen molar-refractivity contribution in [2.24, 2.45) is 0 Å². The number of fused-ring (bicyclic) bond motifs is 1. The molecule has 1 aromatic heterocycles. The SMILES string of the molecule is N#CC(=C=[N-])[n+]1ccc2ccccc2c1. The van der Waals surface area contributed by atoms with Crippen LogP contribution < -0.4 is 4.57 Å². The third kappa shape index (κ3) is 1.62. The largest absolute Gasteiger partial charge is 0.757 e. The van der Waals surface area contributed by atoms with E-state index in [-0.39, 0.29) is 5.70 Å². The third-order valence-corrected chi connectivity index (χ3v) is 2.16. The van der Waals surface area contributed by atoms with Crippen LogP contribution in [0.5, 0.6) is 0 Å². The van der Waals surface area contributed by atoms with E-state index in [1.807, 2.05) is 42.3 Å². The molecule has 0 saturated heterocycles. The van der Waals surface area contributed by atoms with E-state index >= 15 is 0 Å². The van der Waals surface area contributed by atoms with Crippen LogP contribution in [-0.2, 0) is 0 Å². The number of nitriles is 1. The summed E-state index contributed by atoms with van der Waals surface area (Å²) in [5, 5.41) is 19.5. The maximum Gasteiger partial charge on any atom is 0.309 e. The molecule has 0 spiro atoms. The van der Waals surface area contributed by atoms with Gasteiger partial charge in [-0.05, 0) is 11.5 Å². The molecule has 0 aliphatic carbocycles. The molecule has 0 bridgehead atoms. The topological polar surface area (TPSA) is 50.0 Å². The van der Waals surface area contributed by atoms with E-state index in [2.05, 4.69) is 0 Å². The zero-order valence-corrected chi connectivity index (χ0v) is 7.88. The van der Waals surface area contributed by atoms with Gasteiger partial charge >= 0.3 is 5.70 Å². The molecular formula is C12H7N3. The predicted octanol–water partition coefficient (Wildman–Crippen LogP) is 1.73. The van der Waals surface area contributed by atoms with E-state index in [0.717, 1.165) is 10.8 Å². The van der Waals surface area contributed by atoms with Gasteiger partial charge in [-0.15, -0.1) is 0 Å². The number of hydrogen-bond donors (Lipinski definition) is 0. The molecule has 3 nitrogen and oxygen atoms in total. The van der Waals surface area contributed by atoms with Gasteiger partial charge in [0.2, 0.25) is 0 Å². The second kappa shape index (κ2) is 3.75. The first-order valence-electron chi connectivity index (χ1n) is 4.43. The second-order valence-electron chi connectivity index (χ2n) is 3.05. The first-order chi connectivity index (χ1) is 7.35. The highest BCUT2D eigenvalue weighted by molar-refractivity contribution is 5.85. The maximum atomic E-state index is 8.72. The van der Waals surface area contributed by atoms with Crippen LogP contribution in [0.15, 0.2) is 42.7 Å². The van der Waals surface area contributed by atoms with Crippen molar-refractivity contribution in [3.8, 4) is 6.07 Å². The van der Waals surface area contributed by atoms with Crippen molar-refractivity contribution < 1.29 is 4.57 Å². The van der Waals surface area contributed by atoms with Gasteiger partial charge in [-0.25, -0.2) is 0 Å². The molecule has 3 heteroatoms. The van der Waals surface area contributed by atoms with Gasteiger partial charge in [0.05, 0.1) is 0 Å². The van der Waals surface area contributed by atoms with Crippen LogP contribution in [0, 0.1) is 11.3 Å². The molecule has 0 aliphatic heterocycles. The molecule has 1 heterocycles. The Bertz CT molecular complexity index is 602. The average molecular weight is 193 g/mol. The molecule has 0 fully saturated rings. The predicted molar refractivity (Wildman–Crippen MR) is 57.8 cm³/mol. The van der Waals surface area contributed by atoms with E-state index in [9.17, 15) is 0 Å². The molecule has 2 rings (SSSR count). The van der Waals surface area contributed by atoms with E-state index in [4.69, 9.17) is 10.7 Å². The minimum absolute atomic E-state index is 0.0701. The molecule has 15 heavy (non-hydrogen) atoms. The standard InChI is InChI=1S/C12H7N3/c13-7-12(8-14)15-6-5-10-3-1-2-4-11(10)9-15/h1-6,9H. The number of benzene rings is 1. The van der Waals surface area contributed by atoms with Crippen LogP contribution in [0.3, 0.4) is 0 Å². The van der Waals surface area contributed by atoms with Crippen LogP contribution in [0.2, 0.25) is 0 Å². The Morgan fingerprint density at radius 2 is 1.93 bits per heavy atom. The summed E-state index contributed by atoms with van der Waals surface area (Å²) in [5.74, 6) is 1.85. The highest BCUT2D eigenvalue weighted by Gasteiger charge is 2.06. The molecule has 0 atom stereocenters. The molecule has 1 aromatic carbocycles. The van der Waals surface area contributed by atoms with Crippen LogP contribution in [0.1, 0.15) is 0 Å². The lowest BCUT2D eigenvalue weighted by Gasteiger charge is -1.95. The van der Waals surface area contributed by atoms with Gasteiger partial charge in [-0.3, -0.25) is 0 Å². The summed E-state index contributed by atoms with van der Waals surface area (Å²) in [4.78, 5) is 0. The van der Waals surface area contributed by atoms with Crippen LogP contribution >= 0.6 is 0 Å². The Labute approximate surface area is 87.0 Å². The van der Waals surface area contributed by atoms with Crippen molar-refractivity contribution in [1.82, 2.24) is 0 Å². The monoisotopic (exact) mass is 193 g/mol. The highest BCUT2D eigenvalue weighted by Crippen LogP contribution is 2.10. The van der Waals surface area contributed by atoms with Gasteiger partial charge in [0.1, 0.15) is 0 Å². The summed E-state index contributed by atoms with van der Waals surface area (Å²) in [5.41, 5.74) is 0.0701. The fraction of sp³-hybridized carbons (Fsp3) is 0. The van der Waals surface area contributed by atoms with Crippen molar-refractivity contribution in [3.05, 3.63) is 48.1 Å². The fourth-order valence-electron chi connectivity index (χ4n) is 1.41. The highest BCUT2D eigenvalue weighted by atomic mass is 14.9. The summed E-state index contributed by atoms with van der Waals surface area (Å²) in [7, 11) is 0. The Morgan fingerprint density at radius 1 is 1.20 bits per heavy atom. The molecule has 0 aliphatic rings. The molecule has 70 valence electrons. The lowest BCUT2D eigenvalue weighted by Crippen LogP contribution is -2.30. The van der Waals surface area contributed by atoms with E-state index in [1.165, 1.54) is 4.57 Å². The van der Waals surface area contributed by atoms with Crippen molar-refractivity contribution in [3.63, 3.8) is 0 Å². The van der Waals surface area contributed by atoms with Crippen LogP contribution in [-0.4, -0.2) is 5.87 Å². The van der Waals surface area contributed by atoms with Gasteiger partial charge in [0.25, 0.3) is 0 Å². The smallest absolute Gasteiger partial charge is 0.309 e. The molecule has 0 amide bonds. The molecule has 0 radical (unpaired) electrons. The van der Waals surface area contributed by atoms with Gasteiger partial charge in [-0.2, -0.15) is 15.7 Å². The summed E-state index contributed by atoms with van der Waals surface area (Å²) in [6, 6.07) is 11.5. The van der Waals surface area contributed by atoms with Crippen LogP contribution in [0.25, 0.3) is 21.9 Å². The normalized spacial score (nSPS) is 9.27. The Morgan fingerprint density at radius 3 is 2.60 bits per heavy atom. The molecule has 0 unspecified atom stereocenters. The minimum Gasteiger partial charge on any atom is -0.757 e. The number of allylic oxidation sites excluding steroid dienone is 1. The Kier molecular flexibility index (Phi) is 2.28. The lowest BCUT2D eigenvalue weighted by molar-refractivity contribution is -0.574. The van der Waals surface area contributed by atoms with Gasteiger partial charge in [0.15, 0.2) is 18.5 Å². The molecule has 0 N–H and O–H groups in total. The molecule has 0 saturated carbocycles. The lowest BCUT2D eigenvalue weighted by atomic mass is 10.2. The minimum atomic E-state index is 0.0701. The van der Waals surface area contributed by atoms with E-state index in [0.29, 0.717) is 0 Å². The van der Waals surface area contributed by atoms with Gasteiger partial charge < -0.3 is 5.41 Å². The summed E-state index contributed by atoms with van der Waals surface area (Å²) in [6.45, 7) is 0. The van der Waals surface area contributed by atoms with Gasteiger partial charge in [0, 0.05) is 11.5 Å². The summed E-state index contributed by atoms with van der Waals surface area (Å²) < 4.78 is 1.53. The third-order valence-electron chi connectivity index (χ3n) is 2.16. The summed E-state index contributed by atoms with van der Waals surface area (Å²) >= 11 is 0.